The van der Waals surface area contributed by atoms with Crippen molar-refractivity contribution >= 4 is 24.0 Å². The van der Waals surface area contributed by atoms with Gasteiger partial charge in [-0.15, -0.1) is 0 Å². The summed E-state index contributed by atoms with van der Waals surface area (Å²) < 4.78 is 15.5. The third-order valence-corrected chi connectivity index (χ3v) is 6.91. The van der Waals surface area contributed by atoms with Crippen molar-refractivity contribution in [1.82, 2.24) is 4.90 Å². The van der Waals surface area contributed by atoms with Gasteiger partial charge in [0.15, 0.2) is 0 Å². The lowest BCUT2D eigenvalue weighted by Gasteiger charge is -2.36. The monoisotopic (exact) mass is 505 g/mol. The number of furan rings is 1. The van der Waals surface area contributed by atoms with Crippen LogP contribution in [-0.4, -0.2) is 71.7 Å². The molecule has 4 atom stereocenters. The molecule has 2 heterocycles. The van der Waals surface area contributed by atoms with Gasteiger partial charge in [-0.05, 0) is 55.0 Å². The lowest BCUT2D eigenvalue weighted by molar-refractivity contribution is -0.137. The zero-order valence-corrected chi connectivity index (χ0v) is 20.9. The number of aliphatic hydroxyl groups excluding tert-OH is 3. The molecule has 2 aliphatic rings. The van der Waals surface area contributed by atoms with Crippen LogP contribution in [0.1, 0.15) is 50.5 Å². The molecule has 0 saturated carbocycles. The standard InChI is InChI=1S/C26H35NO9/c1-4-5-15(10-17-7-8-18(12-28)36-17)6-9-21(30)22-16(14-34-2)11-19-23(20(22)13-29)25(32)27(24(19)31)26(33)35-3/h7-8,10,19-21,23,28-30H,4-6,9,11-14H2,1-3H3/b15-10+/t19-,20+,21-,23-/m1/s1. The number of hydrogen-bond donors (Lipinski definition) is 3. The average molecular weight is 506 g/mol. The summed E-state index contributed by atoms with van der Waals surface area (Å²) in [4.78, 5) is 38.5. The number of rotatable bonds is 11. The first-order chi connectivity index (χ1) is 17.3. The highest BCUT2D eigenvalue weighted by Gasteiger charge is 2.57. The number of hydrogen-bond acceptors (Lipinski definition) is 9. The lowest BCUT2D eigenvalue weighted by Crippen LogP contribution is -2.40. The Labute approximate surface area is 210 Å². The normalized spacial score (nSPS) is 23.3. The Hall–Kier alpha value is -2.79. The molecule has 0 radical (unpaired) electrons. The van der Waals surface area contributed by atoms with Crippen LogP contribution in [0.4, 0.5) is 4.79 Å². The fraction of sp³-hybridized carbons (Fsp3) is 0.577. The number of imide groups is 3. The largest absolute Gasteiger partial charge is 0.459 e. The number of carbonyl (C=O) groups is 3. The third-order valence-electron chi connectivity index (χ3n) is 6.91. The number of ether oxygens (including phenoxy) is 2. The van der Waals surface area contributed by atoms with Gasteiger partial charge in [-0.1, -0.05) is 18.9 Å². The number of aliphatic hydroxyl groups is 3. The molecule has 198 valence electrons. The Balaban J connectivity index is 1.86. The van der Waals surface area contributed by atoms with Crippen molar-refractivity contribution in [3.05, 3.63) is 40.4 Å². The van der Waals surface area contributed by atoms with E-state index in [1.165, 1.54) is 7.11 Å². The molecule has 1 saturated heterocycles. The van der Waals surface area contributed by atoms with Crippen LogP contribution in [0.15, 0.2) is 33.3 Å². The van der Waals surface area contributed by atoms with Gasteiger partial charge in [-0.3, -0.25) is 9.59 Å². The first-order valence-corrected chi connectivity index (χ1v) is 12.2. The van der Waals surface area contributed by atoms with Crippen LogP contribution in [0.5, 0.6) is 0 Å². The van der Waals surface area contributed by atoms with E-state index in [1.807, 2.05) is 13.0 Å². The summed E-state index contributed by atoms with van der Waals surface area (Å²) >= 11 is 0. The Kier molecular flexibility index (Phi) is 9.61. The molecule has 3 rings (SSSR count). The summed E-state index contributed by atoms with van der Waals surface area (Å²) in [6.45, 7) is 1.51. The van der Waals surface area contributed by atoms with E-state index in [2.05, 4.69) is 4.74 Å². The SMILES string of the molecule is CCC/C(=C\c1ccc(CO)o1)CC[C@@H](O)C1=C(COC)C[C@H]2C(=O)N(C(=O)OC)C(=O)[C@H]2[C@H]1CO. The van der Waals surface area contributed by atoms with Gasteiger partial charge in [0.05, 0.1) is 38.3 Å². The van der Waals surface area contributed by atoms with Crippen molar-refractivity contribution < 1.29 is 43.6 Å². The first kappa shape index (κ1) is 27.8. The highest BCUT2D eigenvalue weighted by molar-refractivity contribution is 6.15. The van der Waals surface area contributed by atoms with E-state index in [1.54, 1.807) is 12.1 Å². The maximum atomic E-state index is 13.1. The fourth-order valence-corrected chi connectivity index (χ4v) is 5.36. The number of allylic oxidation sites excluding steroid dienone is 1. The second-order valence-electron chi connectivity index (χ2n) is 9.17. The quantitative estimate of drug-likeness (QED) is 0.305. The van der Waals surface area contributed by atoms with Crippen molar-refractivity contribution in [3.63, 3.8) is 0 Å². The van der Waals surface area contributed by atoms with Gasteiger partial charge in [0.25, 0.3) is 0 Å². The van der Waals surface area contributed by atoms with E-state index in [-0.39, 0.29) is 19.6 Å². The highest BCUT2D eigenvalue weighted by Crippen LogP contribution is 2.46. The minimum absolute atomic E-state index is 0.125. The molecule has 10 nitrogen and oxygen atoms in total. The van der Waals surface area contributed by atoms with Gasteiger partial charge in [-0.25, -0.2) is 4.79 Å². The Morgan fingerprint density at radius 3 is 2.56 bits per heavy atom. The first-order valence-electron chi connectivity index (χ1n) is 12.2. The molecule has 1 aromatic heterocycles. The molecule has 1 aromatic rings. The van der Waals surface area contributed by atoms with Crippen LogP contribution >= 0.6 is 0 Å². The predicted molar refractivity (Wildman–Crippen MR) is 128 cm³/mol. The van der Waals surface area contributed by atoms with Gasteiger partial charge >= 0.3 is 6.09 Å². The van der Waals surface area contributed by atoms with Crippen LogP contribution < -0.4 is 0 Å². The van der Waals surface area contributed by atoms with Gasteiger partial charge in [0.2, 0.25) is 11.8 Å². The minimum atomic E-state index is -1.05. The third kappa shape index (κ3) is 5.62. The van der Waals surface area contributed by atoms with Crippen molar-refractivity contribution in [2.45, 2.75) is 51.7 Å². The number of amides is 3. The van der Waals surface area contributed by atoms with Crippen LogP contribution in [-0.2, 0) is 25.7 Å². The van der Waals surface area contributed by atoms with E-state index >= 15 is 0 Å². The second kappa shape index (κ2) is 12.4. The Morgan fingerprint density at radius 1 is 1.22 bits per heavy atom. The van der Waals surface area contributed by atoms with Gasteiger partial charge < -0.3 is 29.2 Å². The van der Waals surface area contributed by atoms with Gasteiger partial charge in [-0.2, -0.15) is 4.90 Å². The summed E-state index contributed by atoms with van der Waals surface area (Å²) in [7, 11) is 2.58. The topological polar surface area (TPSA) is 147 Å². The molecule has 3 amide bonds. The predicted octanol–water partition coefficient (Wildman–Crippen LogP) is 2.42. The number of likely N-dealkylation sites (tertiary alicyclic amines) is 1. The molecule has 3 N–H and O–H groups in total. The number of methoxy groups -OCH3 is 2. The van der Waals surface area contributed by atoms with Crippen molar-refractivity contribution in [1.29, 1.82) is 0 Å². The molecule has 1 aliphatic carbocycles. The van der Waals surface area contributed by atoms with Crippen LogP contribution in [0, 0.1) is 17.8 Å². The van der Waals surface area contributed by atoms with Crippen molar-refractivity contribution in [2.75, 3.05) is 27.4 Å². The maximum absolute atomic E-state index is 13.1. The molecule has 0 unspecified atom stereocenters. The summed E-state index contributed by atoms with van der Waals surface area (Å²) in [6.07, 6.45) is 2.51. The van der Waals surface area contributed by atoms with E-state index in [9.17, 15) is 29.7 Å². The summed E-state index contributed by atoms with van der Waals surface area (Å²) in [6, 6.07) is 3.48. The second-order valence-corrected chi connectivity index (χ2v) is 9.17. The molecule has 0 spiro atoms. The summed E-state index contributed by atoms with van der Waals surface area (Å²) in [5, 5.41) is 30.8. The summed E-state index contributed by atoms with van der Waals surface area (Å²) in [5.41, 5.74) is 2.19. The van der Waals surface area contributed by atoms with Crippen molar-refractivity contribution in [2.24, 2.45) is 17.8 Å². The molecule has 0 bridgehead atoms. The molecule has 36 heavy (non-hydrogen) atoms. The zero-order valence-electron chi connectivity index (χ0n) is 20.9. The Bertz CT molecular complexity index is 1020. The molecule has 1 fully saturated rings. The maximum Gasteiger partial charge on any atom is 0.423 e. The van der Waals surface area contributed by atoms with Crippen molar-refractivity contribution in [3.8, 4) is 0 Å². The number of fused-ring (bicyclic) bond motifs is 1. The molecular weight excluding hydrogens is 470 g/mol. The van der Waals surface area contributed by atoms with E-state index in [4.69, 9.17) is 9.15 Å². The minimum Gasteiger partial charge on any atom is -0.459 e. The van der Waals surface area contributed by atoms with Crippen LogP contribution in [0.2, 0.25) is 0 Å². The smallest absolute Gasteiger partial charge is 0.423 e. The zero-order chi connectivity index (χ0) is 26.4. The van der Waals surface area contributed by atoms with E-state index in [0.29, 0.717) is 40.4 Å². The number of nitrogens with zero attached hydrogens (tertiary/aromatic N) is 1. The van der Waals surface area contributed by atoms with Crippen LogP contribution in [0.25, 0.3) is 6.08 Å². The molecule has 10 heteroatoms. The molecule has 0 aromatic carbocycles. The average Bonchev–Trinajstić information content (AvgIpc) is 3.43. The highest BCUT2D eigenvalue weighted by atomic mass is 16.5. The summed E-state index contributed by atoms with van der Waals surface area (Å²) in [5.74, 6) is -2.92. The van der Waals surface area contributed by atoms with E-state index in [0.717, 1.165) is 25.5 Å². The van der Waals surface area contributed by atoms with Crippen LogP contribution in [0.3, 0.4) is 0 Å². The van der Waals surface area contributed by atoms with Gasteiger partial charge in [0.1, 0.15) is 18.1 Å². The number of carbonyl (C=O) groups excluding carboxylic acids is 3. The fourth-order valence-electron chi connectivity index (χ4n) is 5.36. The molecular formula is C26H35NO9. The molecule has 1 aliphatic heterocycles. The lowest BCUT2D eigenvalue weighted by atomic mass is 9.68. The Morgan fingerprint density at radius 2 is 1.97 bits per heavy atom. The van der Waals surface area contributed by atoms with Gasteiger partial charge in [0, 0.05) is 13.0 Å². The van der Waals surface area contributed by atoms with E-state index < -0.39 is 48.4 Å².